The van der Waals surface area contributed by atoms with Crippen LogP contribution in [0.4, 0.5) is 10.1 Å². The summed E-state index contributed by atoms with van der Waals surface area (Å²) in [6, 6.07) is 23.4. The van der Waals surface area contributed by atoms with Gasteiger partial charge in [-0.2, -0.15) is 0 Å². The van der Waals surface area contributed by atoms with E-state index in [9.17, 15) is 4.39 Å². The topological polar surface area (TPSA) is 33.1 Å². The van der Waals surface area contributed by atoms with Crippen LogP contribution in [0.25, 0.3) is 5.69 Å². The van der Waals surface area contributed by atoms with Crippen LogP contribution >= 0.6 is 23.8 Å². The molecule has 31 heavy (non-hydrogen) atoms. The Morgan fingerprint density at radius 1 is 0.968 bits per heavy atom. The summed E-state index contributed by atoms with van der Waals surface area (Å²) in [5.41, 5.74) is 3.10. The van der Waals surface area contributed by atoms with Crippen molar-refractivity contribution in [2.75, 3.05) is 4.90 Å². The predicted octanol–water partition coefficient (Wildman–Crippen LogP) is 5.84. The van der Waals surface area contributed by atoms with E-state index in [-0.39, 0.29) is 17.9 Å². The molecule has 2 unspecified atom stereocenters. The van der Waals surface area contributed by atoms with Crippen LogP contribution in [0.2, 0.25) is 5.02 Å². The molecule has 2 aromatic heterocycles. The molecule has 1 aliphatic heterocycles. The van der Waals surface area contributed by atoms with Gasteiger partial charge in [-0.1, -0.05) is 35.9 Å². The lowest BCUT2D eigenvalue weighted by molar-refractivity contribution is 0.542. The number of nitrogens with one attached hydrogen (secondary N) is 1. The second-order valence-corrected chi connectivity index (χ2v) is 8.05. The van der Waals surface area contributed by atoms with E-state index in [0.29, 0.717) is 15.8 Å². The molecule has 4 nitrogen and oxygen atoms in total. The summed E-state index contributed by atoms with van der Waals surface area (Å²) in [5, 5.41) is 4.45. The number of hydrogen-bond acceptors (Lipinski definition) is 2. The van der Waals surface area contributed by atoms with Crippen molar-refractivity contribution < 1.29 is 4.39 Å². The van der Waals surface area contributed by atoms with Crippen molar-refractivity contribution in [3.8, 4) is 5.69 Å². The van der Waals surface area contributed by atoms with Crippen LogP contribution in [-0.4, -0.2) is 14.7 Å². The van der Waals surface area contributed by atoms with Gasteiger partial charge in [0.1, 0.15) is 11.9 Å². The number of para-hydroxylation sites is 1. The van der Waals surface area contributed by atoms with Crippen molar-refractivity contribution in [3.63, 3.8) is 0 Å². The fourth-order valence-electron chi connectivity index (χ4n) is 4.06. The Morgan fingerprint density at radius 3 is 2.58 bits per heavy atom. The molecule has 0 aliphatic carbocycles. The largest absolute Gasteiger partial charge is 0.351 e. The van der Waals surface area contributed by atoms with E-state index in [0.717, 1.165) is 17.1 Å². The Morgan fingerprint density at radius 2 is 1.81 bits per heavy atom. The first kappa shape index (κ1) is 19.7. The summed E-state index contributed by atoms with van der Waals surface area (Å²) in [6.07, 6.45) is 3.72. The van der Waals surface area contributed by atoms with Crippen molar-refractivity contribution in [1.82, 2.24) is 14.9 Å². The summed E-state index contributed by atoms with van der Waals surface area (Å²) in [7, 11) is 0. The number of pyridine rings is 1. The SMILES string of the molecule is Fc1ccccc1N1C(=S)NC(c2ccccn2)C1c1cccn1-c1cccc(Cl)c1. The second-order valence-electron chi connectivity index (χ2n) is 7.23. The molecule has 1 saturated heterocycles. The van der Waals surface area contributed by atoms with Crippen LogP contribution in [0.15, 0.2) is 91.3 Å². The molecule has 1 aliphatic rings. The van der Waals surface area contributed by atoms with Crippen LogP contribution < -0.4 is 10.2 Å². The molecule has 2 atom stereocenters. The van der Waals surface area contributed by atoms with Gasteiger partial charge in [0.15, 0.2) is 5.11 Å². The number of aromatic nitrogens is 2. The van der Waals surface area contributed by atoms with Crippen LogP contribution in [0, 0.1) is 5.82 Å². The Balaban J connectivity index is 1.69. The molecular formula is C24H18ClFN4S. The molecule has 2 aromatic carbocycles. The number of rotatable bonds is 4. The maximum atomic E-state index is 14.9. The number of benzene rings is 2. The Bertz CT molecular complexity index is 1240. The van der Waals surface area contributed by atoms with Gasteiger partial charge in [-0.15, -0.1) is 0 Å². The maximum absolute atomic E-state index is 14.9. The molecule has 7 heteroatoms. The van der Waals surface area contributed by atoms with Crippen LogP contribution in [0.3, 0.4) is 0 Å². The molecular weight excluding hydrogens is 431 g/mol. The molecule has 0 amide bonds. The van der Waals surface area contributed by atoms with Crippen molar-refractivity contribution in [2.45, 2.75) is 12.1 Å². The predicted molar refractivity (Wildman–Crippen MR) is 125 cm³/mol. The van der Waals surface area contributed by atoms with Crippen LogP contribution in [0.1, 0.15) is 23.5 Å². The maximum Gasteiger partial charge on any atom is 0.174 e. The van der Waals surface area contributed by atoms with Gasteiger partial charge in [0, 0.05) is 28.8 Å². The third-order valence-electron chi connectivity index (χ3n) is 5.38. The molecule has 0 spiro atoms. The first-order valence-corrected chi connectivity index (χ1v) is 10.6. The van der Waals surface area contributed by atoms with Crippen molar-refractivity contribution >= 4 is 34.6 Å². The highest BCUT2D eigenvalue weighted by atomic mass is 35.5. The minimum Gasteiger partial charge on any atom is -0.351 e. The summed E-state index contributed by atoms with van der Waals surface area (Å²) < 4.78 is 16.9. The fraction of sp³-hybridized carbons (Fsp3) is 0.0833. The van der Waals surface area contributed by atoms with Crippen molar-refractivity contribution in [2.24, 2.45) is 0 Å². The molecule has 0 radical (unpaired) electrons. The molecule has 4 aromatic rings. The number of nitrogens with zero attached hydrogens (tertiary/aromatic N) is 3. The van der Waals surface area contributed by atoms with E-state index in [1.165, 1.54) is 6.07 Å². The number of hydrogen-bond donors (Lipinski definition) is 1. The Hall–Kier alpha value is -3.22. The van der Waals surface area contributed by atoms with Gasteiger partial charge in [-0.05, 0) is 66.8 Å². The lowest BCUT2D eigenvalue weighted by Crippen LogP contribution is -2.31. The van der Waals surface area contributed by atoms with E-state index < -0.39 is 0 Å². The average molecular weight is 449 g/mol. The smallest absolute Gasteiger partial charge is 0.174 e. The highest BCUT2D eigenvalue weighted by molar-refractivity contribution is 7.80. The quantitative estimate of drug-likeness (QED) is 0.397. The lowest BCUT2D eigenvalue weighted by Gasteiger charge is -2.29. The lowest BCUT2D eigenvalue weighted by atomic mass is 10.0. The summed E-state index contributed by atoms with van der Waals surface area (Å²) in [6.45, 7) is 0. The normalized spacial score (nSPS) is 18.3. The van der Waals surface area contributed by atoms with E-state index in [2.05, 4.69) is 14.9 Å². The molecule has 1 N–H and O–H groups in total. The van der Waals surface area contributed by atoms with E-state index in [1.54, 1.807) is 18.3 Å². The van der Waals surface area contributed by atoms with Gasteiger partial charge < -0.3 is 14.8 Å². The molecule has 1 fully saturated rings. The second kappa shape index (κ2) is 8.13. The van der Waals surface area contributed by atoms with Gasteiger partial charge in [-0.3, -0.25) is 4.98 Å². The molecule has 154 valence electrons. The van der Waals surface area contributed by atoms with E-state index >= 15 is 0 Å². The third kappa shape index (κ3) is 3.58. The zero-order chi connectivity index (χ0) is 21.4. The Kier molecular flexibility index (Phi) is 5.18. The number of anilines is 1. The van der Waals surface area contributed by atoms with E-state index in [4.69, 9.17) is 23.8 Å². The fourth-order valence-corrected chi connectivity index (χ4v) is 4.58. The zero-order valence-electron chi connectivity index (χ0n) is 16.3. The molecule has 5 rings (SSSR count). The minimum atomic E-state index is -0.334. The summed E-state index contributed by atoms with van der Waals surface area (Å²) in [4.78, 5) is 6.38. The van der Waals surface area contributed by atoms with Gasteiger partial charge in [0.2, 0.25) is 0 Å². The van der Waals surface area contributed by atoms with Crippen LogP contribution in [-0.2, 0) is 0 Å². The number of thiocarbonyl (C=S) groups is 1. The summed E-state index contributed by atoms with van der Waals surface area (Å²) >= 11 is 11.9. The standard InChI is InChI=1S/C24H18ClFN4S/c25-16-7-5-8-17(15-16)29-14-6-12-21(29)23-22(19-10-3-4-13-27-19)28-24(31)30(23)20-11-2-1-9-18(20)26/h1-15,22-23H,(H,28,31). The first-order valence-electron chi connectivity index (χ1n) is 9.82. The van der Waals surface area contributed by atoms with Gasteiger partial charge in [0.05, 0.1) is 17.4 Å². The van der Waals surface area contributed by atoms with Crippen molar-refractivity contribution in [3.05, 3.63) is 113 Å². The monoisotopic (exact) mass is 448 g/mol. The molecule has 0 bridgehead atoms. The highest BCUT2D eigenvalue weighted by Gasteiger charge is 2.42. The summed E-state index contributed by atoms with van der Waals surface area (Å²) in [5.74, 6) is -0.334. The Labute approximate surface area is 189 Å². The van der Waals surface area contributed by atoms with Crippen LogP contribution in [0.5, 0.6) is 0 Å². The van der Waals surface area contributed by atoms with E-state index in [1.807, 2.05) is 71.8 Å². The average Bonchev–Trinajstić information content (AvgIpc) is 3.39. The van der Waals surface area contributed by atoms with Gasteiger partial charge in [0.25, 0.3) is 0 Å². The first-order chi connectivity index (χ1) is 15.1. The zero-order valence-corrected chi connectivity index (χ0v) is 17.9. The molecule has 0 saturated carbocycles. The molecule has 3 heterocycles. The minimum absolute atomic E-state index is 0.263. The van der Waals surface area contributed by atoms with Gasteiger partial charge >= 0.3 is 0 Å². The number of halogens is 2. The van der Waals surface area contributed by atoms with Gasteiger partial charge in [-0.25, -0.2) is 4.39 Å². The van der Waals surface area contributed by atoms with Crippen molar-refractivity contribution in [1.29, 1.82) is 0 Å². The highest BCUT2D eigenvalue weighted by Crippen LogP contribution is 2.42. The third-order valence-corrected chi connectivity index (χ3v) is 5.93.